The molecule has 124 valence electrons. The Labute approximate surface area is 125 Å². The molecule has 1 unspecified atom stereocenters. The van der Waals surface area contributed by atoms with Crippen LogP contribution in [0.15, 0.2) is 9.98 Å². The van der Waals surface area contributed by atoms with Crippen molar-refractivity contribution in [1.82, 2.24) is 10.2 Å². The molecule has 3 rings (SSSR count). The molecular weight excluding hydrogens is 320 g/mol. The van der Waals surface area contributed by atoms with Crippen molar-refractivity contribution >= 4 is 22.3 Å². The number of nitrogens with zero attached hydrogens (tertiary/aromatic N) is 3. The van der Waals surface area contributed by atoms with Crippen LogP contribution in [-0.2, 0) is 14.6 Å². The minimum atomic E-state index is -4.92. The molecule has 13 heteroatoms. The first-order valence-corrected chi connectivity index (χ1v) is 7.68. The number of rotatable bonds is 2. The molecule has 0 aromatic rings. The molecule has 4 atom stereocenters. The van der Waals surface area contributed by atoms with Crippen LogP contribution in [-0.4, -0.2) is 76.2 Å². The third-order valence-electron chi connectivity index (χ3n) is 4.12. The first-order valence-electron chi connectivity index (χ1n) is 6.32. The van der Waals surface area contributed by atoms with Crippen molar-refractivity contribution in [1.29, 1.82) is 0 Å². The highest BCUT2D eigenvalue weighted by molar-refractivity contribution is 7.80. The molecule has 1 fully saturated rings. The zero-order valence-electron chi connectivity index (χ0n) is 11.4. The minimum Gasteiger partial charge on any atom is -0.370 e. The van der Waals surface area contributed by atoms with E-state index in [1.807, 2.05) is 0 Å². The van der Waals surface area contributed by atoms with Gasteiger partial charge in [0, 0.05) is 0 Å². The molecule has 3 heterocycles. The molecule has 3 aliphatic heterocycles. The molecular formula is C9H16N6O6S. The second kappa shape index (κ2) is 4.20. The minimum absolute atomic E-state index is 0.0601. The Morgan fingerprint density at radius 3 is 2.64 bits per heavy atom. The Hall–Kier alpha value is -1.67. The number of nitrogens with two attached hydrogens (primary N) is 2. The van der Waals surface area contributed by atoms with Crippen LogP contribution in [0, 0.1) is 0 Å². The van der Waals surface area contributed by atoms with Gasteiger partial charge in [-0.05, 0) is 6.92 Å². The number of guanidine groups is 2. The molecule has 1 saturated heterocycles. The summed E-state index contributed by atoms with van der Waals surface area (Å²) in [6.07, 6.45) is -1.72. The third kappa shape index (κ3) is 1.80. The SMILES string of the molecule is C[C@H]1N=C(N)N2C[C@@H](OS(=O)(=O)O)C(O)(O)C23NC(N)=N[C@@H]13. The number of aliphatic imine (C=N–C) groups is 2. The predicted octanol–water partition coefficient (Wildman–Crippen LogP) is -4.13. The summed E-state index contributed by atoms with van der Waals surface area (Å²) in [4.78, 5) is 9.42. The van der Waals surface area contributed by atoms with Gasteiger partial charge in [0.1, 0.15) is 6.04 Å². The highest BCUT2D eigenvalue weighted by Gasteiger charge is 2.73. The van der Waals surface area contributed by atoms with Gasteiger partial charge < -0.3 is 31.9 Å². The summed E-state index contributed by atoms with van der Waals surface area (Å²) in [6, 6.07) is -1.39. The summed E-state index contributed by atoms with van der Waals surface area (Å²) in [7, 11) is -4.92. The topological polar surface area (TPSA) is 196 Å². The van der Waals surface area contributed by atoms with Crippen LogP contribution in [0.25, 0.3) is 0 Å². The van der Waals surface area contributed by atoms with Gasteiger partial charge in [-0.3, -0.25) is 4.55 Å². The van der Waals surface area contributed by atoms with E-state index in [0.717, 1.165) is 0 Å². The van der Waals surface area contributed by atoms with E-state index < -0.39 is 40.0 Å². The molecule has 0 bridgehead atoms. The van der Waals surface area contributed by atoms with Gasteiger partial charge in [-0.1, -0.05) is 0 Å². The van der Waals surface area contributed by atoms with Crippen LogP contribution < -0.4 is 16.8 Å². The Bertz CT molecular complexity index is 676. The Morgan fingerprint density at radius 2 is 2.05 bits per heavy atom. The van der Waals surface area contributed by atoms with Gasteiger partial charge in [0.05, 0.1) is 12.6 Å². The monoisotopic (exact) mass is 336 g/mol. The maximum atomic E-state index is 10.9. The molecule has 0 saturated carbocycles. The van der Waals surface area contributed by atoms with E-state index >= 15 is 0 Å². The summed E-state index contributed by atoms with van der Waals surface area (Å²) in [6.45, 7) is 1.29. The summed E-state index contributed by atoms with van der Waals surface area (Å²) < 4.78 is 35.1. The largest absolute Gasteiger partial charge is 0.397 e. The van der Waals surface area contributed by atoms with Crippen molar-refractivity contribution in [2.45, 2.75) is 36.6 Å². The maximum Gasteiger partial charge on any atom is 0.397 e. The van der Waals surface area contributed by atoms with Gasteiger partial charge in [-0.15, -0.1) is 0 Å². The van der Waals surface area contributed by atoms with Gasteiger partial charge in [0.15, 0.2) is 23.7 Å². The number of aliphatic hydroxyl groups is 2. The second-order valence-electron chi connectivity index (χ2n) is 5.43. The number of hydrogen-bond donors (Lipinski definition) is 6. The zero-order valence-corrected chi connectivity index (χ0v) is 12.2. The molecule has 8 N–H and O–H groups in total. The fraction of sp³-hybridized carbons (Fsp3) is 0.778. The molecule has 0 aliphatic carbocycles. The molecule has 0 aromatic heterocycles. The smallest absolute Gasteiger partial charge is 0.370 e. The standard InChI is InChI=1S/C9H16N6O6S/c1-3-5-8(14-6(10)13-5)9(16,17)4(21-22(18,19)20)2-15(8)7(11)12-3/h3-5,16-17H,2H2,1H3,(H2,11,12)(H3,10,13,14)(H,18,19,20)/t3-,4-,5+,8?/m1/s1. The number of nitrogens with one attached hydrogen (secondary N) is 1. The summed E-state index contributed by atoms with van der Waals surface area (Å²) >= 11 is 0. The van der Waals surface area contributed by atoms with E-state index in [9.17, 15) is 18.6 Å². The molecule has 12 nitrogen and oxygen atoms in total. The van der Waals surface area contributed by atoms with Crippen molar-refractivity contribution < 1.29 is 27.4 Å². The molecule has 0 radical (unpaired) electrons. The summed E-state index contributed by atoms with van der Waals surface area (Å²) in [5.74, 6) is -2.91. The van der Waals surface area contributed by atoms with Crippen molar-refractivity contribution in [3.63, 3.8) is 0 Å². The lowest BCUT2D eigenvalue weighted by Gasteiger charge is -2.48. The highest BCUT2D eigenvalue weighted by Crippen LogP contribution is 2.45. The van der Waals surface area contributed by atoms with Crippen molar-refractivity contribution in [2.24, 2.45) is 21.5 Å². The fourth-order valence-electron chi connectivity index (χ4n) is 3.29. The summed E-state index contributed by atoms with van der Waals surface area (Å²) in [5.41, 5.74) is 9.71. The van der Waals surface area contributed by atoms with Crippen LogP contribution in [0.2, 0.25) is 0 Å². The Morgan fingerprint density at radius 1 is 1.41 bits per heavy atom. The van der Waals surface area contributed by atoms with Crippen LogP contribution in [0.3, 0.4) is 0 Å². The van der Waals surface area contributed by atoms with E-state index in [0.29, 0.717) is 0 Å². The Kier molecular flexibility index (Phi) is 2.91. The number of hydrogen-bond acceptors (Lipinski definition) is 11. The van der Waals surface area contributed by atoms with Crippen LogP contribution in [0.5, 0.6) is 0 Å². The second-order valence-corrected chi connectivity index (χ2v) is 6.48. The van der Waals surface area contributed by atoms with E-state index in [2.05, 4.69) is 19.5 Å². The van der Waals surface area contributed by atoms with Crippen LogP contribution in [0.1, 0.15) is 6.92 Å². The van der Waals surface area contributed by atoms with E-state index in [-0.39, 0.29) is 18.5 Å². The van der Waals surface area contributed by atoms with Gasteiger partial charge >= 0.3 is 10.4 Å². The van der Waals surface area contributed by atoms with E-state index in [1.54, 1.807) is 6.92 Å². The Balaban J connectivity index is 2.10. The van der Waals surface area contributed by atoms with Crippen molar-refractivity contribution in [3.05, 3.63) is 0 Å². The summed E-state index contributed by atoms with van der Waals surface area (Å²) in [5, 5.41) is 23.7. The quantitative estimate of drug-likeness (QED) is 0.213. The fourth-order valence-corrected chi connectivity index (χ4v) is 3.78. The maximum absolute atomic E-state index is 10.9. The van der Waals surface area contributed by atoms with Crippen LogP contribution in [0.4, 0.5) is 0 Å². The van der Waals surface area contributed by atoms with Gasteiger partial charge in [0.25, 0.3) is 0 Å². The third-order valence-corrected chi connectivity index (χ3v) is 4.59. The lowest BCUT2D eigenvalue weighted by molar-refractivity contribution is -0.252. The first kappa shape index (κ1) is 15.2. The molecule has 3 aliphatic rings. The first-order chi connectivity index (χ1) is 9.99. The lowest BCUT2D eigenvalue weighted by atomic mass is 9.86. The average Bonchev–Trinajstić information content (AvgIpc) is 2.79. The van der Waals surface area contributed by atoms with Gasteiger partial charge in [-0.2, -0.15) is 8.42 Å². The zero-order chi connectivity index (χ0) is 16.5. The molecule has 22 heavy (non-hydrogen) atoms. The lowest BCUT2D eigenvalue weighted by Crippen LogP contribution is -2.77. The van der Waals surface area contributed by atoms with E-state index in [1.165, 1.54) is 4.90 Å². The molecule has 1 spiro atoms. The van der Waals surface area contributed by atoms with E-state index in [4.69, 9.17) is 16.0 Å². The van der Waals surface area contributed by atoms with Crippen molar-refractivity contribution in [2.75, 3.05) is 6.54 Å². The van der Waals surface area contributed by atoms with Gasteiger partial charge in [-0.25, -0.2) is 14.2 Å². The van der Waals surface area contributed by atoms with Crippen molar-refractivity contribution in [3.8, 4) is 0 Å². The predicted molar refractivity (Wildman–Crippen MR) is 72.7 cm³/mol. The van der Waals surface area contributed by atoms with Crippen LogP contribution >= 0.6 is 0 Å². The normalized spacial score (nSPS) is 39.6. The highest BCUT2D eigenvalue weighted by atomic mass is 32.3. The van der Waals surface area contributed by atoms with Gasteiger partial charge in [0.2, 0.25) is 5.79 Å². The molecule has 0 aromatic carbocycles. The average molecular weight is 336 g/mol. The molecule has 0 amide bonds.